The van der Waals surface area contributed by atoms with Crippen LogP contribution >= 0.6 is 11.3 Å². The Morgan fingerprint density at radius 2 is 2.00 bits per heavy atom. The number of carbonyl (C=O) groups excluding carboxylic acids is 2. The van der Waals surface area contributed by atoms with Crippen LogP contribution in [0.3, 0.4) is 0 Å². The van der Waals surface area contributed by atoms with Crippen molar-refractivity contribution in [2.24, 2.45) is 0 Å². The first-order chi connectivity index (χ1) is 18.7. The summed E-state index contributed by atoms with van der Waals surface area (Å²) in [5.74, 6) is -0.884. The minimum absolute atomic E-state index is 0.0227. The standard InChI is InChI=1S/C28H21N3O7S/c1-14-10-17-11-16(6-9-21(17)38-14)25(32)23-24(15-4-3-5-18(12-15)31(35)36)30(27(34)26(23)33)28-29-20-8-7-19(37-2)13-22(20)39-28/h3-9,11-14,24,32H,10H2,1-2H3/t14-,24-/m0/s1. The van der Waals surface area contributed by atoms with E-state index in [0.717, 1.165) is 10.3 Å². The Morgan fingerprint density at radius 1 is 1.18 bits per heavy atom. The molecule has 0 unspecified atom stereocenters. The monoisotopic (exact) mass is 543 g/mol. The number of rotatable bonds is 5. The van der Waals surface area contributed by atoms with Crippen LogP contribution in [0.2, 0.25) is 0 Å². The van der Waals surface area contributed by atoms with Gasteiger partial charge >= 0.3 is 5.91 Å². The number of hydrogen-bond acceptors (Lipinski definition) is 9. The fourth-order valence-electron chi connectivity index (χ4n) is 5.00. The van der Waals surface area contributed by atoms with Gasteiger partial charge in [-0.05, 0) is 54.4 Å². The number of benzene rings is 3. The van der Waals surface area contributed by atoms with Crippen molar-refractivity contribution >= 4 is 49.8 Å². The minimum Gasteiger partial charge on any atom is -0.507 e. The smallest absolute Gasteiger partial charge is 0.301 e. The zero-order valence-corrected chi connectivity index (χ0v) is 21.6. The van der Waals surface area contributed by atoms with Gasteiger partial charge in [0.2, 0.25) is 0 Å². The van der Waals surface area contributed by atoms with Gasteiger partial charge in [0.1, 0.15) is 23.4 Å². The summed E-state index contributed by atoms with van der Waals surface area (Å²) < 4.78 is 11.8. The Morgan fingerprint density at radius 3 is 2.77 bits per heavy atom. The van der Waals surface area contributed by atoms with Crippen molar-refractivity contribution < 1.29 is 29.1 Å². The number of carbonyl (C=O) groups is 2. The number of nitrogens with zero attached hydrogens (tertiary/aromatic N) is 3. The molecule has 0 spiro atoms. The molecular formula is C28H21N3O7S. The topological polar surface area (TPSA) is 132 Å². The lowest BCUT2D eigenvalue weighted by atomic mass is 9.94. The number of anilines is 1. The van der Waals surface area contributed by atoms with Crippen LogP contribution in [0.1, 0.15) is 29.7 Å². The van der Waals surface area contributed by atoms with Gasteiger partial charge in [0.05, 0.1) is 33.9 Å². The zero-order chi connectivity index (χ0) is 27.4. The molecule has 0 bridgehead atoms. The first kappa shape index (κ1) is 24.6. The molecule has 2 aliphatic heterocycles. The lowest BCUT2D eigenvalue weighted by molar-refractivity contribution is -0.384. The number of aliphatic hydroxyl groups excluding tert-OH is 1. The molecule has 10 nitrogen and oxygen atoms in total. The summed E-state index contributed by atoms with van der Waals surface area (Å²) in [5.41, 5.74) is 1.70. The second kappa shape index (κ2) is 9.21. The van der Waals surface area contributed by atoms with Crippen LogP contribution in [0.5, 0.6) is 11.5 Å². The number of nitro benzene ring substituents is 1. The first-order valence-corrected chi connectivity index (χ1v) is 12.9. The summed E-state index contributed by atoms with van der Waals surface area (Å²) in [5, 5.41) is 23.2. The van der Waals surface area contributed by atoms with Gasteiger partial charge in [-0.15, -0.1) is 0 Å². The van der Waals surface area contributed by atoms with Gasteiger partial charge in [-0.25, -0.2) is 4.98 Å². The summed E-state index contributed by atoms with van der Waals surface area (Å²) in [6.07, 6.45) is 0.611. The Hall–Kier alpha value is -4.77. The van der Waals surface area contributed by atoms with Crippen molar-refractivity contribution in [2.75, 3.05) is 12.0 Å². The van der Waals surface area contributed by atoms with E-state index < -0.39 is 22.7 Å². The van der Waals surface area contributed by atoms with Gasteiger partial charge in [0.25, 0.3) is 11.5 Å². The second-order valence-corrected chi connectivity index (χ2v) is 10.3. The van der Waals surface area contributed by atoms with Crippen LogP contribution in [0.4, 0.5) is 10.8 Å². The molecule has 0 aliphatic carbocycles. The largest absolute Gasteiger partial charge is 0.507 e. The van der Waals surface area contributed by atoms with Gasteiger partial charge in [-0.3, -0.25) is 24.6 Å². The van der Waals surface area contributed by atoms with Crippen molar-refractivity contribution in [3.63, 3.8) is 0 Å². The van der Waals surface area contributed by atoms with Crippen LogP contribution in [0.15, 0.2) is 66.2 Å². The third-order valence-electron chi connectivity index (χ3n) is 6.80. The molecule has 0 saturated carbocycles. The van der Waals surface area contributed by atoms with Crippen molar-refractivity contribution in [3.8, 4) is 11.5 Å². The highest BCUT2D eigenvalue weighted by Gasteiger charge is 2.48. The van der Waals surface area contributed by atoms with E-state index in [1.807, 2.05) is 6.92 Å². The number of aromatic nitrogens is 1. The maximum atomic E-state index is 13.5. The van der Waals surface area contributed by atoms with E-state index in [4.69, 9.17) is 9.47 Å². The quantitative estimate of drug-likeness (QED) is 0.120. The molecule has 1 N–H and O–H groups in total. The Kier molecular flexibility index (Phi) is 5.80. The predicted molar refractivity (Wildman–Crippen MR) is 144 cm³/mol. The Balaban J connectivity index is 1.55. The SMILES string of the molecule is COc1ccc2nc(N3C(=O)C(=O)C(=C(O)c4ccc5c(c4)C[C@H](C)O5)[C@@H]3c3cccc([N+](=O)[O-])c3)sc2c1. The molecule has 1 fully saturated rings. The number of amides is 1. The summed E-state index contributed by atoms with van der Waals surface area (Å²) in [7, 11) is 1.54. The third-order valence-corrected chi connectivity index (χ3v) is 7.82. The average molecular weight is 544 g/mol. The predicted octanol–water partition coefficient (Wildman–Crippen LogP) is 5.16. The maximum absolute atomic E-state index is 13.5. The van der Waals surface area contributed by atoms with E-state index in [1.165, 1.54) is 41.5 Å². The molecule has 6 rings (SSSR count). The Bertz CT molecular complexity index is 1730. The number of aliphatic hydroxyl groups is 1. The number of nitro groups is 1. The molecule has 0 radical (unpaired) electrons. The number of non-ortho nitro benzene ring substituents is 1. The number of methoxy groups -OCH3 is 1. The van der Waals surface area contributed by atoms with E-state index in [0.29, 0.717) is 34.6 Å². The van der Waals surface area contributed by atoms with Gasteiger partial charge in [0, 0.05) is 24.1 Å². The molecule has 4 aromatic rings. The van der Waals surface area contributed by atoms with E-state index in [2.05, 4.69) is 4.98 Å². The first-order valence-electron chi connectivity index (χ1n) is 12.0. The fraction of sp³-hybridized carbons (Fsp3) is 0.179. The van der Waals surface area contributed by atoms with Gasteiger partial charge in [-0.2, -0.15) is 0 Å². The van der Waals surface area contributed by atoms with Gasteiger partial charge in [-0.1, -0.05) is 23.5 Å². The highest BCUT2D eigenvalue weighted by Crippen LogP contribution is 2.45. The van der Waals surface area contributed by atoms with Crippen molar-refractivity contribution in [3.05, 3.63) is 93.0 Å². The molecular weight excluding hydrogens is 522 g/mol. The zero-order valence-electron chi connectivity index (χ0n) is 20.8. The molecule has 1 aromatic heterocycles. The molecule has 3 aromatic carbocycles. The van der Waals surface area contributed by atoms with Crippen LogP contribution < -0.4 is 14.4 Å². The molecule has 11 heteroatoms. The van der Waals surface area contributed by atoms with E-state index >= 15 is 0 Å². The average Bonchev–Trinajstić information content (AvgIpc) is 3.59. The highest BCUT2D eigenvalue weighted by molar-refractivity contribution is 7.22. The Labute approximate surface area is 225 Å². The van der Waals surface area contributed by atoms with Crippen molar-refractivity contribution in [1.29, 1.82) is 0 Å². The molecule has 1 saturated heterocycles. The summed E-state index contributed by atoms with van der Waals surface area (Å²) >= 11 is 1.17. The molecule has 2 atom stereocenters. The number of ether oxygens (including phenoxy) is 2. The summed E-state index contributed by atoms with van der Waals surface area (Å²) in [6.45, 7) is 1.93. The van der Waals surface area contributed by atoms with Crippen LogP contribution in [-0.4, -0.2) is 39.9 Å². The highest BCUT2D eigenvalue weighted by atomic mass is 32.1. The molecule has 1 amide bonds. The number of thiazole rings is 1. The van der Waals surface area contributed by atoms with Crippen molar-refractivity contribution in [2.45, 2.75) is 25.5 Å². The third kappa shape index (κ3) is 4.07. The van der Waals surface area contributed by atoms with E-state index in [-0.39, 0.29) is 28.3 Å². The number of hydrogen-bond donors (Lipinski definition) is 1. The van der Waals surface area contributed by atoms with E-state index in [1.54, 1.807) is 42.5 Å². The summed E-state index contributed by atoms with van der Waals surface area (Å²) in [6, 6.07) is 14.8. The molecule has 3 heterocycles. The molecule has 39 heavy (non-hydrogen) atoms. The number of ketones is 1. The molecule has 2 aliphatic rings. The normalized spacial score (nSPS) is 19.8. The minimum atomic E-state index is -1.14. The van der Waals surface area contributed by atoms with Crippen molar-refractivity contribution in [1.82, 2.24) is 4.98 Å². The van der Waals surface area contributed by atoms with Crippen LogP contribution in [0, 0.1) is 10.1 Å². The van der Waals surface area contributed by atoms with Crippen LogP contribution in [-0.2, 0) is 16.0 Å². The van der Waals surface area contributed by atoms with Crippen LogP contribution in [0.25, 0.3) is 16.0 Å². The lowest BCUT2D eigenvalue weighted by Gasteiger charge is -2.22. The number of Topliss-reactive ketones (excluding diaryl/α,β-unsaturated/α-hetero) is 1. The van der Waals surface area contributed by atoms with Gasteiger partial charge in [0.15, 0.2) is 5.13 Å². The van der Waals surface area contributed by atoms with Gasteiger partial charge < -0.3 is 14.6 Å². The fourth-order valence-corrected chi connectivity index (χ4v) is 6.02. The maximum Gasteiger partial charge on any atom is 0.301 e. The summed E-state index contributed by atoms with van der Waals surface area (Å²) in [4.78, 5) is 43.8. The second-order valence-electron chi connectivity index (χ2n) is 9.31. The molecule has 196 valence electrons. The lowest BCUT2D eigenvalue weighted by Crippen LogP contribution is -2.29. The number of fused-ring (bicyclic) bond motifs is 2. The van der Waals surface area contributed by atoms with E-state index in [9.17, 15) is 24.8 Å².